The van der Waals surface area contributed by atoms with Gasteiger partial charge in [-0.25, -0.2) is 15.8 Å². The molecule has 6 nitrogen and oxygen atoms in total. The Bertz CT molecular complexity index is 331. The summed E-state index contributed by atoms with van der Waals surface area (Å²) in [5.74, 6) is 7.27. The lowest BCUT2D eigenvalue weighted by Gasteiger charge is -2.13. The summed E-state index contributed by atoms with van der Waals surface area (Å²) in [4.78, 5) is 8.48. The van der Waals surface area contributed by atoms with Crippen LogP contribution in [0.15, 0.2) is 6.07 Å². The molecule has 1 aromatic rings. The molecule has 0 aliphatic carbocycles. The lowest BCUT2D eigenvalue weighted by Crippen LogP contribution is -2.17. The standard InChI is InChI=1S/C10H19N5O/c1-4-7(2)12-8-5-9(15-11)14-10(13-8)6-16-3/h5,7H,4,6,11H2,1-3H3,(H2,12,13,14,15). The van der Waals surface area contributed by atoms with Crippen molar-refractivity contribution in [2.45, 2.75) is 32.9 Å². The molecule has 0 fully saturated rings. The Balaban J connectivity index is 2.85. The first-order valence-electron chi connectivity index (χ1n) is 5.29. The molecule has 4 N–H and O–H groups in total. The molecule has 1 aromatic heterocycles. The molecular weight excluding hydrogens is 206 g/mol. The molecule has 0 saturated carbocycles. The van der Waals surface area contributed by atoms with E-state index in [-0.39, 0.29) is 0 Å². The molecule has 0 aliphatic rings. The van der Waals surface area contributed by atoms with Crippen LogP contribution in [0.1, 0.15) is 26.1 Å². The fourth-order valence-electron chi connectivity index (χ4n) is 1.19. The molecule has 90 valence electrons. The number of nitrogens with zero attached hydrogens (tertiary/aromatic N) is 2. The van der Waals surface area contributed by atoms with Gasteiger partial charge in [-0.05, 0) is 13.3 Å². The second-order valence-corrected chi connectivity index (χ2v) is 3.59. The smallest absolute Gasteiger partial charge is 0.158 e. The average Bonchev–Trinajstić information content (AvgIpc) is 2.29. The van der Waals surface area contributed by atoms with Crippen molar-refractivity contribution in [2.24, 2.45) is 5.84 Å². The Hall–Kier alpha value is -1.40. The first kappa shape index (κ1) is 12.7. The van der Waals surface area contributed by atoms with Gasteiger partial charge in [0.05, 0.1) is 0 Å². The van der Waals surface area contributed by atoms with Crippen molar-refractivity contribution in [3.8, 4) is 0 Å². The number of hydrazine groups is 1. The molecule has 1 atom stereocenters. The van der Waals surface area contributed by atoms with E-state index in [9.17, 15) is 0 Å². The second-order valence-electron chi connectivity index (χ2n) is 3.59. The molecule has 0 bridgehead atoms. The second kappa shape index (κ2) is 6.24. The van der Waals surface area contributed by atoms with Crippen molar-refractivity contribution in [3.63, 3.8) is 0 Å². The summed E-state index contributed by atoms with van der Waals surface area (Å²) in [5, 5.41) is 3.26. The zero-order valence-electron chi connectivity index (χ0n) is 9.95. The van der Waals surface area contributed by atoms with E-state index < -0.39 is 0 Å². The molecule has 0 aliphatic heterocycles. The van der Waals surface area contributed by atoms with E-state index in [1.54, 1.807) is 13.2 Å². The Morgan fingerprint density at radius 2 is 2.12 bits per heavy atom. The minimum Gasteiger partial charge on any atom is -0.377 e. The molecule has 6 heteroatoms. The van der Waals surface area contributed by atoms with E-state index in [4.69, 9.17) is 10.6 Å². The number of nitrogens with two attached hydrogens (primary N) is 1. The Morgan fingerprint density at radius 1 is 1.44 bits per heavy atom. The molecule has 0 saturated heterocycles. The topological polar surface area (TPSA) is 85.1 Å². The van der Waals surface area contributed by atoms with Crippen molar-refractivity contribution in [2.75, 3.05) is 17.9 Å². The van der Waals surface area contributed by atoms with Gasteiger partial charge in [-0.3, -0.25) is 0 Å². The van der Waals surface area contributed by atoms with Gasteiger partial charge in [-0.2, -0.15) is 0 Å². The normalized spacial score (nSPS) is 12.2. The SMILES string of the molecule is CCC(C)Nc1cc(NN)nc(COC)n1. The van der Waals surface area contributed by atoms with Gasteiger partial charge < -0.3 is 15.5 Å². The number of methoxy groups -OCH3 is 1. The van der Waals surface area contributed by atoms with E-state index in [0.717, 1.165) is 12.2 Å². The predicted molar refractivity (Wildman–Crippen MR) is 63.9 cm³/mol. The zero-order chi connectivity index (χ0) is 12.0. The van der Waals surface area contributed by atoms with Crippen LogP contribution >= 0.6 is 0 Å². The van der Waals surface area contributed by atoms with E-state index in [1.807, 2.05) is 0 Å². The van der Waals surface area contributed by atoms with Crippen LogP contribution in [-0.4, -0.2) is 23.1 Å². The molecule has 16 heavy (non-hydrogen) atoms. The summed E-state index contributed by atoms with van der Waals surface area (Å²) in [6.07, 6.45) is 1.02. The number of aromatic nitrogens is 2. The first-order valence-corrected chi connectivity index (χ1v) is 5.29. The predicted octanol–water partition coefficient (Wildman–Crippen LogP) is 1.12. The van der Waals surface area contributed by atoms with Gasteiger partial charge in [-0.1, -0.05) is 6.92 Å². The lowest BCUT2D eigenvalue weighted by atomic mass is 10.2. The summed E-state index contributed by atoms with van der Waals surface area (Å²) < 4.78 is 4.99. The van der Waals surface area contributed by atoms with Crippen molar-refractivity contribution in [1.82, 2.24) is 9.97 Å². The highest BCUT2D eigenvalue weighted by atomic mass is 16.5. The minimum absolute atomic E-state index is 0.357. The summed E-state index contributed by atoms with van der Waals surface area (Å²) in [6.45, 7) is 4.56. The van der Waals surface area contributed by atoms with Crippen LogP contribution < -0.4 is 16.6 Å². The highest BCUT2D eigenvalue weighted by molar-refractivity contribution is 5.47. The fraction of sp³-hybridized carbons (Fsp3) is 0.600. The molecule has 0 aromatic carbocycles. The molecule has 0 amide bonds. The highest BCUT2D eigenvalue weighted by Crippen LogP contribution is 2.12. The average molecular weight is 225 g/mol. The first-order chi connectivity index (χ1) is 7.69. The fourth-order valence-corrected chi connectivity index (χ4v) is 1.19. The molecular formula is C10H19N5O. The molecule has 1 heterocycles. The number of nitrogen functional groups attached to an aromatic ring is 1. The van der Waals surface area contributed by atoms with Crippen molar-refractivity contribution >= 4 is 11.6 Å². The third kappa shape index (κ3) is 3.63. The maximum absolute atomic E-state index is 5.34. The third-order valence-electron chi connectivity index (χ3n) is 2.20. The van der Waals surface area contributed by atoms with Crippen LogP contribution in [0.2, 0.25) is 0 Å². The molecule has 1 rings (SSSR count). The van der Waals surface area contributed by atoms with Gasteiger partial charge in [0.2, 0.25) is 0 Å². The largest absolute Gasteiger partial charge is 0.377 e. The Morgan fingerprint density at radius 3 is 2.69 bits per heavy atom. The van der Waals surface area contributed by atoms with Crippen LogP contribution in [0.5, 0.6) is 0 Å². The molecule has 1 unspecified atom stereocenters. The number of ether oxygens (including phenoxy) is 1. The quantitative estimate of drug-likeness (QED) is 0.497. The number of nitrogens with one attached hydrogen (secondary N) is 2. The van der Waals surface area contributed by atoms with Crippen molar-refractivity contribution in [3.05, 3.63) is 11.9 Å². The highest BCUT2D eigenvalue weighted by Gasteiger charge is 2.05. The van der Waals surface area contributed by atoms with Gasteiger partial charge in [0.25, 0.3) is 0 Å². The van der Waals surface area contributed by atoms with E-state index in [1.165, 1.54) is 0 Å². The zero-order valence-corrected chi connectivity index (χ0v) is 9.95. The lowest BCUT2D eigenvalue weighted by molar-refractivity contribution is 0.178. The van der Waals surface area contributed by atoms with Gasteiger partial charge in [0.15, 0.2) is 5.82 Å². The van der Waals surface area contributed by atoms with E-state index in [2.05, 4.69) is 34.6 Å². The van der Waals surface area contributed by atoms with E-state index >= 15 is 0 Å². The van der Waals surface area contributed by atoms with Gasteiger partial charge in [0.1, 0.15) is 18.2 Å². The monoisotopic (exact) mass is 225 g/mol. The number of hydrogen-bond donors (Lipinski definition) is 3. The Kier molecular flexibility index (Phi) is 4.94. The van der Waals surface area contributed by atoms with Crippen LogP contribution in [0, 0.1) is 0 Å². The van der Waals surface area contributed by atoms with Gasteiger partial charge in [-0.15, -0.1) is 0 Å². The number of anilines is 2. The third-order valence-corrected chi connectivity index (χ3v) is 2.20. The van der Waals surface area contributed by atoms with Crippen molar-refractivity contribution < 1.29 is 4.74 Å². The minimum atomic E-state index is 0.357. The van der Waals surface area contributed by atoms with Crippen LogP contribution in [0.3, 0.4) is 0 Å². The summed E-state index contributed by atoms with van der Waals surface area (Å²) in [6, 6.07) is 2.13. The van der Waals surface area contributed by atoms with Gasteiger partial charge in [0, 0.05) is 19.2 Å². The number of rotatable bonds is 6. The summed E-state index contributed by atoms with van der Waals surface area (Å²) in [7, 11) is 1.60. The number of hydrogen-bond acceptors (Lipinski definition) is 6. The van der Waals surface area contributed by atoms with Crippen LogP contribution in [-0.2, 0) is 11.3 Å². The summed E-state index contributed by atoms with van der Waals surface area (Å²) >= 11 is 0. The maximum atomic E-state index is 5.34. The molecule has 0 radical (unpaired) electrons. The van der Waals surface area contributed by atoms with Crippen LogP contribution in [0.4, 0.5) is 11.6 Å². The van der Waals surface area contributed by atoms with Gasteiger partial charge >= 0.3 is 0 Å². The molecule has 0 spiro atoms. The van der Waals surface area contributed by atoms with Crippen LogP contribution in [0.25, 0.3) is 0 Å². The maximum Gasteiger partial charge on any atom is 0.158 e. The van der Waals surface area contributed by atoms with E-state index in [0.29, 0.717) is 24.3 Å². The van der Waals surface area contributed by atoms with Crippen molar-refractivity contribution in [1.29, 1.82) is 0 Å². The summed E-state index contributed by atoms with van der Waals surface area (Å²) in [5.41, 5.74) is 2.51. The Labute approximate surface area is 95.6 Å².